The molecule has 4 heteroatoms. The van der Waals surface area contributed by atoms with E-state index >= 15 is 0 Å². The van der Waals surface area contributed by atoms with Crippen LogP contribution in [0.1, 0.15) is 22.8 Å². The Balaban J connectivity index is 1.32. The van der Waals surface area contributed by atoms with Crippen LogP contribution >= 0.6 is 0 Å². The SMILES string of the molecule is c1ccc2c(c1)CC2CNCc1ccc(-c2ccn[nH]2)o1. The van der Waals surface area contributed by atoms with Gasteiger partial charge >= 0.3 is 0 Å². The average molecular weight is 279 g/mol. The van der Waals surface area contributed by atoms with Crippen LogP contribution in [0.25, 0.3) is 11.5 Å². The van der Waals surface area contributed by atoms with Crippen molar-refractivity contribution in [3.05, 3.63) is 65.5 Å². The van der Waals surface area contributed by atoms with E-state index in [1.165, 1.54) is 17.5 Å². The Kier molecular flexibility index (Phi) is 3.09. The van der Waals surface area contributed by atoms with Crippen LogP contribution in [-0.4, -0.2) is 16.7 Å². The van der Waals surface area contributed by atoms with Crippen molar-refractivity contribution in [3.8, 4) is 11.5 Å². The first kappa shape index (κ1) is 12.4. The molecule has 0 bridgehead atoms. The summed E-state index contributed by atoms with van der Waals surface area (Å²) in [7, 11) is 0. The summed E-state index contributed by atoms with van der Waals surface area (Å²) in [6, 6.07) is 14.6. The summed E-state index contributed by atoms with van der Waals surface area (Å²) in [5.41, 5.74) is 3.89. The van der Waals surface area contributed by atoms with Gasteiger partial charge in [-0.2, -0.15) is 5.10 Å². The van der Waals surface area contributed by atoms with Gasteiger partial charge in [-0.15, -0.1) is 0 Å². The third-order valence-corrected chi connectivity index (χ3v) is 4.08. The summed E-state index contributed by atoms with van der Waals surface area (Å²) in [5.74, 6) is 2.42. The van der Waals surface area contributed by atoms with Gasteiger partial charge in [-0.25, -0.2) is 0 Å². The third-order valence-electron chi connectivity index (χ3n) is 4.08. The summed E-state index contributed by atoms with van der Waals surface area (Å²) in [5, 5.41) is 10.3. The molecule has 0 saturated carbocycles. The normalized spacial score (nSPS) is 16.5. The molecule has 0 aliphatic heterocycles. The number of aromatic nitrogens is 2. The van der Waals surface area contributed by atoms with Gasteiger partial charge in [0.2, 0.25) is 0 Å². The minimum Gasteiger partial charge on any atom is -0.458 e. The molecule has 1 unspecified atom stereocenters. The Hall–Kier alpha value is -2.33. The zero-order valence-corrected chi connectivity index (χ0v) is 11.7. The number of furan rings is 1. The fourth-order valence-corrected chi connectivity index (χ4v) is 2.93. The lowest BCUT2D eigenvalue weighted by Gasteiger charge is -2.30. The summed E-state index contributed by atoms with van der Waals surface area (Å²) < 4.78 is 5.80. The zero-order valence-electron chi connectivity index (χ0n) is 11.7. The van der Waals surface area contributed by atoms with E-state index < -0.39 is 0 Å². The smallest absolute Gasteiger partial charge is 0.152 e. The van der Waals surface area contributed by atoms with Gasteiger partial charge in [-0.1, -0.05) is 24.3 Å². The van der Waals surface area contributed by atoms with Crippen LogP contribution in [0.4, 0.5) is 0 Å². The highest BCUT2D eigenvalue weighted by Gasteiger charge is 2.24. The number of hydrogen-bond acceptors (Lipinski definition) is 3. The molecule has 0 fully saturated rings. The Morgan fingerprint density at radius 1 is 1.19 bits per heavy atom. The van der Waals surface area contributed by atoms with Crippen LogP contribution in [-0.2, 0) is 13.0 Å². The first-order valence-electron chi connectivity index (χ1n) is 7.27. The molecule has 3 aromatic rings. The van der Waals surface area contributed by atoms with Gasteiger partial charge in [0.05, 0.1) is 6.54 Å². The topological polar surface area (TPSA) is 53.9 Å². The Morgan fingerprint density at radius 2 is 2.14 bits per heavy atom. The molecule has 106 valence electrons. The minimum absolute atomic E-state index is 0.642. The lowest BCUT2D eigenvalue weighted by Crippen LogP contribution is -2.28. The molecule has 0 amide bonds. The first-order chi connectivity index (χ1) is 10.4. The number of H-pyrrole nitrogens is 1. The summed E-state index contributed by atoms with van der Waals surface area (Å²) in [4.78, 5) is 0. The number of aromatic amines is 1. The van der Waals surface area contributed by atoms with Gasteiger partial charge in [0, 0.05) is 18.7 Å². The molecule has 1 aliphatic carbocycles. The summed E-state index contributed by atoms with van der Waals surface area (Å²) in [6.07, 6.45) is 2.91. The fourth-order valence-electron chi connectivity index (χ4n) is 2.93. The molecule has 0 saturated heterocycles. The predicted molar refractivity (Wildman–Crippen MR) is 80.9 cm³/mol. The van der Waals surface area contributed by atoms with E-state index in [2.05, 4.69) is 39.8 Å². The van der Waals surface area contributed by atoms with Crippen molar-refractivity contribution in [2.75, 3.05) is 6.54 Å². The van der Waals surface area contributed by atoms with E-state index in [-0.39, 0.29) is 0 Å². The van der Waals surface area contributed by atoms with Crippen molar-refractivity contribution >= 4 is 0 Å². The molecule has 0 spiro atoms. The molecule has 4 nitrogen and oxygen atoms in total. The van der Waals surface area contributed by atoms with E-state index in [1.807, 2.05) is 18.2 Å². The quantitative estimate of drug-likeness (QED) is 0.754. The van der Waals surface area contributed by atoms with Crippen molar-refractivity contribution in [2.24, 2.45) is 0 Å². The van der Waals surface area contributed by atoms with E-state index in [1.54, 1.807) is 6.20 Å². The van der Waals surface area contributed by atoms with Gasteiger partial charge in [0.1, 0.15) is 11.5 Å². The molecule has 1 atom stereocenters. The molecule has 1 aliphatic rings. The number of benzene rings is 1. The van der Waals surface area contributed by atoms with Crippen molar-refractivity contribution in [3.63, 3.8) is 0 Å². The molecule has 2 N–H and O–H groups in total. The maximum absolute atomic E-state index is 5.80. The number of hydrogen-bond donors (Lipinski definition) is 2. The van der Waals surface area contributed by atoms with E-state index in [0.717, 1.165) is 30.3 Å². The van der Waals surface area contributed by atoms with E-state index in [0.29, 0.717) is 5.92 Å². The second kappa shape index (κ2) is 5.22. The summed E-state index contributed by atoms with van der Waals surface area (Å²) in [6.45, 7) is 1.75. The second-order valence-electron chi connectivity index (χ2n) is 5.47. The highest BCUT2D eigenvalue weighted by Crippen LogP contribution is 2.34. The highest BCUT2D eigenvalue weighted by atomic mass is 16.3. The highest BCUT2D eigenvalue weighted by molar-refractivity contribution is 5.51. The van der Waals surface area contributed by atoms with Gasteiger partial charge in [0.15, 0.2) is 5.76 Å². The standard InChI is InChI=1S/C17H17N3O/c1-2-4-15-12(3-1)9-13(15)10-18-11-14-5-6-17(21-14)16-7-8-19-20-16/h1-8,13,18H,9-11H2,(H,19,20). The van der Waals surface area contributed by atoms with Crippen molar-refractivity contribution in [1.29, 1.82) is 0 Å². The Morgan fingerprint density at radius 3 is 3.00 bits per heavy atom. The first-order valence-corrected chi connectivity index (χ1v) is 7.27. The van der Waals surface area contributed by atoms with Crippen LogP contribution in [0.15, 0.2) is 53.1 Å². The van der Waals surface area contributed by atoms with Gasteiger partial charge in [0.25, 0.3) is 0 Å². The van der Waals surface area contributed by atoms with Crippen molar-refractivity contribution in [2.45, 2.75) is 18.9 Å². The van der Waals surface area contributed by atoms with E-state index in [4.69, 9.17) is 4.42 Å². The van der Waals surface area contributed by atoms with E-state index in [9.17, 15) is 0 Å². The van der Waals surface area contributed by atoms with Crippen LogP contribution in [0.2, 0.25) is 0 Å². The van der Waals surface area contributed by atoms with Crippen LogP contribution in [0.3, 0.4) is 0 Å². The van der Waals surface area contributed by atoms with Crippen LogP contribution in [0, 0.1) is 0 Å². The summed E-state index contributed by atoms with van der Waals surface area (Å²) >= 11 is 0. The molecule has 2 heterocycles. The fraction of sp³-hybridized carbons (Fsp3) is 0.235. The number of nitrogens with zero attached hydrogens (tertiary/aromatic N) is 1. The molecule has 0 radical (unpaired) electrons. The lowest BCUT2D eigenvalue weighted by atomic mass is 9.77. The minimum atomic E-state index is 0.642. The Labute approximate surface area is 123 Å². The number of fused-ring (bicyclic) bond motifs is 1. The number of rotatable bonds is 5. The average Bonchev–Trinajstić information content (AvgIpc) is 3.14. The number of nitrogens with one attached hydrogen (secondary N) is 2. The second-order valence-corrected chi connectivity index (χ2v) is 5.47. The monoisotopic (exact) mass is 279 g/mol. The van der Waals surface area contributed by atoms with Crippen molar-refractivity contribution in [1.82, 2.24) is 15.5 Å². The molecule has 2 aromatic heterocycles. The van der Waals surface area contributed by atoms with Crippen molar-refractivity contribution < 1.29 is 4.42 Å². The van der Waals surface area contributed by atoms with Crippen LogP contribution < -0.4 is 5.32 Å². The molecule has 21 heavy (non-hydrogen) atoms. The molecule has 4 rings (SSSR count). The van der Waals surface area contributed by atoms with Gasteiger partial charge in [-0.05, 0) is 35.7 Å². The lowest BCUT2D eigenvalue weighted by molar-refractivity contribution is 0.469. The molecular weight excluding hydrogens is 262 g/mol. The maximum Gasteiger partial charge on any atom is 0.152 e. The Bertz CT molecular complexity index is 730. The largest absolute Gasteiger partial charge is 0.458 e. The van der Waals surface area contributed by atoms with Crippen LogP contribution in [0.5, 0.6) is 0 Å². The third kappa shape index (κ3) is 2.38. The predicted octanol–water partition coefficient (Wildman–Crippen LogP) is 3.10. The van der Waals surface area contributed by atoms with Gasteiger partial charge < -0.3 is 9.73 Å². The zero-order chi connectivity index (χ0) is 14.1. The maximum atomic E-state index is 5.80. The molecule has 1 aromatic carbocycles. The molecular formula is C17H17N3O. The van der Waals surface area contributed by atoms with Gasteiger partial charge in [-0.3, -0.25) is 5.10 Å².